The minimum absolute atomic E-state index is 0.0243. The normalized spacial score (nSPS) is 22.4. The summed E-state index contributed by atoms with van der Waals surface area (Å²) >= 11 is 1.56. The number of amidine groups is 1. The molecule has 0 aliphatic carbocycles. The molecular formula is C21H22N2O4S. The fourth-order valence-electron chi connectivity index (χ4n) is 3.15. The molecule has 1 amide bonds. The van der Waals surface area contributed by atoms with Gasteiger partial charge in [-0.15, -0.1) is 0 Å². The summed E-state index contributed by atoms with van der Waals surface area (Å²) in [7, 11) is 0. The Kier molecular flexibility index (Phi) is 5.43. The van der Waals surface area contributed by atoms with Crippen molar-refractivity contribution in [3.05, 3.63) is 48.5 Å². The van der Waals surface area contributed by atoms with E-state index in [-0.39, 0.29) is 18.6 Å². The lowest BCUT2D eigenvalue weighted by atomic mass is 10.2. The Morgan fingerprint density at radius 2 is 1.96 bits per heavy atom. The van der Waals surface area contributed by atoms with Gasteiger partial charge in [0, 0.05) is 11.8 Å². The van der Waals surface area contributed by atoms with Crippen molar-refractivity contribution in [2.45, 2.75) is 26.0 Å². The van der Waals surface area contributed by atoms with Gasteiger partial charge in [-0.2, -0.15) is 0 Å². The van der Waals surface area contributed by atoms with Gasteiger partial charge in [0.2, 0.25) is 6.10 Å². The predicted octanol–water partition coefficient (Wildman–Crippen LogP) is 3.88. The monoisotopic (exact) mass is 398 g/mol. The molecular weight excluding hydrogens is 376 g/mol. The van der Waals surface area contributed by atoms with Crippen molar-refractivity contribution in [2.75, 3.05) is 19.0 Å². The molecule has 146 valence electrons. The standard InChI is InChI=1S/C21H22N2O4S/c1-3-25-16-9-5-4-8-15(16)22-21-23(14(2)13-28-21)20(24)19-12-26-17-10-6-7-11-18(17)27-19/h4-11,14,19H,3,12-13H2,1-2H3/t14-,19+/m0/s1. The van der Waals surface area contributed by atoms with E-state index in [0.29, 0.717) is 34.7 Å². The van der Waals surface area contributed by atoms with Gasteiger partial charge in [0.25, 0.3) is 5.91 Å². The number of para-hydroxylation sites is 4. The molecule has 7 heteroatoms. The summed E-state index contributed by atoms with van der Waals surface area (Å²) < 4.78 is 17.3. The molecule has 28 heavy (non-hydrogen) atoms. The summed E-state index contributed by atoms with van der Waals surface area (Å²) in [6.07, 6.45) is -0.691. The number of hydrogen-bond donors (Lipinski definition) is 0. The molecule has 0 N–H and O–H groups in total. The Bertz CT molecular complexity index is 901. The average Bonchev–Trinajstić information content (AvgIpc) is 3.08. The third-order valence-corrected chi connectivity index (χ3v) is 5.70. The lowest BCUT2D eigenvalue weighted by Crippen LogP contribution is -2.49. The first-order valence-corrected chi connectivity index (χ1v) is 10.3. The average molecular weight is 398 g/mol. The van der Waals surface area contributed by atoms with Crippen molar-refractivity contribution in [1.29, 1.82) is 0 Å². The number of rotatable bonds is 4. The Balaban J connectivity index is 1.58. The largest absolute Gasteiger partial charge is 0.492 e. The third kappa shape index (κ3) is 3.67. The molecule has 2 atom stereocenters. The molecule has 2 aromatic rings. The van der Waals surface area contributed by atoms with Gasteiger partial charge in [-0.25, -0.2) is 4.99 Å². The molecule has 2 heterocycles. The van der Waals surface area contributed by atoms with Crippen LogP contribution in [0, 0.1) is 0 Å². The first kappa shape index (κ1) is 18.7. The molecule has 0 radical (unpaired) electrons. The van der Waals surface area contributed by atoms with Crippen molar-refractivity contribution < 1.29 is 19.0 Å². The second-order valence-corrected chi connectivity index (χ2v) is 7.51. The minimum Gasteiger partial charge on any atom is -0.492 e. The molecule has 0 saturated carbocycles. The first-order chi connectivity index (χ1) is 13.7. The topological polar surface area (TPSA) is 60.4 Å². The van der Waals surface area contributed by atoms with E-state index in [1.165, 1.54) is 0 Å². The van der Waals surface area contributed by atoms with Crippen molar-refractivity contribution in [1.82, 2.24) is 4.90 Å². The number of carbonyl (C=O) groups excluding carboxylic acids is 1. The second kappa shape index (κ2) is 8.14. The maximum absolute atomic E-state index is 13.2. The number of amides is 1. The maximum atomic E-state index is 13.2. The summed E-state index contributed by atoms with van der Waals surface area (Å²) in [5.74, 6) is 2.60. The van der Waals surface area contributed by atoms with Gasteiger partial charge in [-0.3, -0.25) is 9.69 Å². The number of hydrogen-bond acceptors (Lipinski definition) is 6. The van der Waals surface area contributed by atoms with Crippen LogP contribution in [-0.4, -0.2) is 47.1 Å². The van der Waals surface area contributed by atoms with Crippen LogP contribution in [0.3, 0.4) is 0 Å². The lowest BCUT2D eigenvalue weighted by Gasteiger charge is -2.30. The minimum atomic E-state index is -0.691. The Hall–Kier alpha value is -2.67. The van der Waals surface area contributed by atoms with Crippen molar-refractivity contribution in [3.63, 3.8) is 0 Å². The summed E-state index contributed by atoms with van der Waals surface area (Å²) in [5.41, 5.74) is 0.713. The highest BCUT2D eigenvalue weighted by Crippen LogP contribution is 2.35. The van der Waals surface area contributed by atoms with E-state index < -0.39 is 6.10 Å². The van der Waals surface area contributed by atoms with Crippen LogP contribution in [0.25, 0.3) is 0 Å². The van der Waals surface area contributed by atoms with E-state index in [2.05, 4.69) is 0 Å². The molecule has 0 bridgehead atoms. The second-order valence-electron chi connectivity index (χ2n) is 6.53. The number of nitrogens with zero attached hydrogens (tertiary/aromatic N) is 2. The van der Waals surface area contributed by atoms with Crippen LogP contribution in [0.5, 0.6) is 17.2 Å². The van der Waals surface area contributed by atoms with E-state index in [1.54, 1.807) is 16.7 Å². The van der Waals surface area contributed by atoms with E-state index in [0.717, 1.165) is 5.75 Å². The highest BCUT2D eigenvalue weighted by Gasteiger charge is 2.39. The van der Waals surface area contributed by atoms with Crippen LogP contribution in [-0.2, 0) is 4.79 Å². The smallest absolute Gasteiger partial charge is 0.273 e. The fourth-order valence-corrected chi connectivity index (χ4v) is 4.26. The summed E-state index contributed by atoms with van der Waals surface area (Å²) in [6, 6.07) is 15.0. The van der Waals surface area contributed by atoms with Crippen LogP contribution in [0.4, 0.5) is 5.69 Å². The highest BCUT2D eigenvalue weighted by atomic mass is 32.2. The SMILES string of the molecule is CCOc1ccccc1N=C1SC[C@H](C)N1C(=O)[C@H]1COc2ccccc2O1. The Labute approximate surface area is 168 Å². The van der Waals surface area contributed by atoms with E-state index >= 15 is 0 Å². The van der Waals surface area contributed by atoms with E-state index in [4.69, 9.17) is 19.2 Å². The number of fused-ring (bicyclic) bond motifs is 1. The van der Waals surface area contributed by atoms with Gasteiger partial charge >= 0.3 is 0 Å². The molecule has 4 rings (SSSR count). The summed E-state index contributed by atoms with van der Waals surface area (Å²) in [6.45, 7) is 4.69. The van der Waals surface area contributed by atoms with Gasteiger partial charge in [-0.1, -0.05) is 36.0 Å². The van der Waals surface area contributed by atoms with Crippen LogP contribution >= 0.6 is 11.8 Å². The lowest BCUT2D eigenvalue weighted by molar-refractivity contribution is -0.137. The molecule has 1 fully saturated rings. The zero-order valence-electron chi connectivity index (χ0n) is 15.8. The number of aliphatic imine (C=N–C) groups is 1. The first-order valence-electron chi connectivity index (χ1n) is 9.32. The number of thioether (sulfide) groups is 1. The number of ether oxygens (including phenoxy) is 3. The molecule has 0 unspecified atom stereocenters. The van der Waals surface area contributed by atoms with Gasteiger partial charge < -0.3 is 14.2 Å². The molecule has 0 aromatic heterocycles. The molecule has 1 saturated heterocycles. The zero-order chi connectivity index (χ0) is 19.5. The Morgan fingerprint density at radius 1 is 1.21 bits per heavy atom. The van der Waals surface area contributed by atoms with Crippen LogP contribution < -0.4 is 14.2 Å². The molecule has 2 aliphatic rings. The zero-order valence-corrected chi connectivity index (χ0v) is 16.6. The van der Waals surface area contributed by atoms with Gasteiger partial charge in [-0.05, 0) is 38.1 Å². The maximum Gasteiger partial charge on any atom is 0.273 e. The van der Waals surface area contributed by atoms with Crippen molar-refractivity contribution in [3.8, 4) is 17.2 Å². The van der Waals surface area contributed by atoms with E-state index in [9.17, 15) is 4.79 Å². The summed E-state index contributed by atoms with van der Waals surface area (Å²) in [4.78, 5) is 19.7. The summed E-state index contributed by atoms with van der Waals surface area (Å²) in [5, 5.41) is 0.659. The van der Waals surface area contributed by atoms with Crippen LogP contribution in [0.1, 0.15) is 13.8 Å². The van der Waals surface area contributed by atoms with Crippen LogP contribution in [0.2, 0.25) is 0 Å². The number of carbonyl (C=O) groups is 1. The van der Waals surface area contributed by atoms with Crippen molar-refractivity contribution >= 4 is 28.5 Å². The van der Waals surface area contributed by atoms with E-state index in [1.807, 2.05) is 62.4 Å². The third-order valence-electron chi connectivity index (χ3n) is 4.50. The molecule has 2 aliphatic heterocycles. The molecule has 0 spiro atoms. The van der Waals surface area contributed by atoms with Gasteiger partial charge in [0.1, 0.15) is 18.0 Å². The van der Waals surface area contributed by atoms with Crippen LogP contribution in [0.15, 0.2) is 53.5 Å². The molecule has 2 aromatic carbocycles. The van der Waals surface area contributed by atoms with Crippen molar-refractivity contribution in [2.24, 2.45) is 4.99 Å². The highest BCUT2D eigenvalue weighted by molar-refractivity contribution is 8.14. The fraction of sp³-hybridized carbons (Fsp3) is 0.333. The molecule has 6 nitrogen and oxygen atoms in total. The quantitative estimate of drug-likeness (QED) is 0.782. The Morgan fingerprint density at radius 3 is 2.79 bits per heavy atom. The number of benzene rings is 2. The van der Waals surface area contributed by atoms with Gasteiger partial charge in [0.05, 0.1) is 6.61 Å². The van der Waals surface area contributed by atoms with Gasteiger partial charge in [0.15, 0.2) is 16.7 Å². The predicted molar refractivity (Wildman–Crippen MR) is 110 cm³/mol.